The van der Waals surface area contributed by atoms with E-state index in [-0.39, 0.29) is 16.2 Å². The van der Waals surface area contributed by atoms with E-state index in [2.05, 4.69) is 4.98 Å². The molecule has 4 aromatic rings. The Bertz CT molecular complexity index is 1340. The molecule has 1 heterocycles. The third-order valence-corrected chi connectivity index (χ3v) is 12.4. The third-order valence-electron chi connectivity index (χ3n) is 5.05. The van der Waals surface area contributed by atoms with Gasteiger partial charge in [0.2, 0.25) is 0 Å². The zero-order valence-electron chi connectivity index (χ0n) is 17.4. The number of halogens is 2. The zero-order valence-corrected chi connectivity index (χ0v) is 22.4. The van der Waals surface area contributed by atoms with Crippen LogP contribution in [0.5, 0.6) is 0 Å². The topological polar surface area (TPSA) is 67.3 Å². The summed E-state index contributed by atoms with van der Waals surface area (Å²) in [5.74, 6) is -1.54. The average molecular weight is 589 g/mol. The molecule has 4 nitrogen and oxygen atoms in total. The van der Waals surface area contributed by atoms with Crippen LogP contribution in [-0.2, 0) is 4.79 Å². The Balaban J connectivity index is 1.49. The van der Waals surface area contributed by atoms with E-state index in [1.54, 1.807) is 43.3 Å². The summed E-state index contributed by atoms with van der Waals surface area (Å²) in [4.78, 5) is 28.1. The Morgan fingerprint density at radius 3 is 2.42 bits per heavy atom. The van der Waals surface area contributed by atoms with Gasteiger partial charge < -0.3 is 0 Å². The number of aliphatic carboxylic acids is 1. The van der Waals surface area contributed by atoms with Crippen LogP contribution in [0.3, 0.4) is 0 Å². The molecule has 0 bridgehead atoms. The second kappa shape index (κ2) is 10.3. The van der Waals surface area contributed by atoms with Crippen molar-refractivity contribution in [2.24, 2.45) is 0 Å². The minimum absolute atomic E-state index is 0.0987. The summed E-state index contributed by atoms with van der Waals surface area (Å²) in [7, 11) is 0. The van der Waals surface area contributed by atoms with Crippen molar-refractivity contribution in [3.8, 4) is 11.1 Å². The van der Waals surface area contributed by atoms with Crippen LogP contribution in [0.1, 0.15) is 23.7 Å². The van der Waals surface area contributed by atoms with Gasteiger partial charge in [0.05, 0.1) is 0 Å². The van der Waals surface area contributed by atoms with Crippen molar-refractivity contribution in [2.45, 2.75) is 18.1 Å². The molecule has 0 saturated carbocycles. The predicted octanol–water partition coefficient (Wildman–Crippen LogP) is 3.49. The van der Waals surface area contributed by atoms with Crippen LogP contribution in [0.25, 0.3) is 21.3 Å². The monoisotopic (exact) mass is 589 g/mol. The van der Waals surface area contributed by atoms with Crippen LogP contribution in [0.4, 0.5) is 8.78 Å². The molecule has 9 heteroatoms. The molecule has 33 heavy (non-hydrogen) atoms. The van der Waals surface area contributed by atoms with E-state index in [1.807, 2.05) is 6.07 Å². The van der Waals surface area contributed by atoms with Crippen LogP contribution in [0, 0.1) is 11.6 Å². The van der Waals surface area contributed by atoms with E-state index >= 15 is 0 Å². The van der Waals surface area contributed by atoms with Gasteiger partial charge in [-0.1, -0.05) is 0 Å². The summed E-state index contributed by atoms with van der Waals surface area (Å²) in [5.41, 5.74) is 2.69. The molecule has 0 spiro atoms. The fourth-order valence-electron chi connectivity index (χ4n) is 3.26. The maximum atomic E-state index is 14.9. The van der Waals surface area contributed by atoms with Crippen molar-refractivity contribution in [3.05, 3.63) is 77.9 Å². The minimum atomic E-state index is -1.30. The van der Waals surface area contributed by atoms with Crippen LogP contribution < -0.4 is 8.15 Å². The number of benzene rings is 3. The molecular weight excluding hydrogens is 570 g/mol. The van der Waals surface area contributed by atoms with Gasteiger partial charge in [-0.15, -0.1) is 0 Å². The Labute approximate surface area is 206 Å². The maximum absolute atomic E-state index is 14.9. The van der Waals surface area contributed by atoms with Crippen molar-refractivity contribution in [1.82, 2.24) is 4.98 Å². The van der Waals surface area contributed by atoms with Crippen molar-refractivity contribution < 1.29 is 23.5 Å². The summed E-state index contributed by atoms with van der Waals surface area (Å²) in [6.45, 7) is 1.77. The average Bonchev–Trinajstić information content (AvgIpc) is 3.20. The Morgan fingerprint density at radius 1 is 1.03 bits per heavy atom. The van der Waals surface area contributed by atoms with Gasteiger partial charge in [-0.2, -0.15) is 0 Å². The molecule has 1 aromatic heterocycles. The van der Waals surface area contributed by atoms with Crippen LogP contribution >= 0.6 is 11.3 Å². The molecule has 2 unspecified atom stereocenters. The van der Waals surface area contributed by atoms with Gasteiger partial charge in [0.1, 0.15) is 0 Å². The fraction of sp³-hybridized carbons (Fsp3) is 0.125. The van der Waals surface area contributed by atoms with Gasteiger partial charge in [0.25, 0.3) is 0 Å². The van der Waals surface area contributed by atoms with Crippen LogP contribution in [0.2, 0.25) is 4.71 Å². The molecule has 1 N–H and O–H groups in total. The molecule has 0 radical (unpaired) electrons. The molecule has 4 rings (SSSR count). The first-order valence-electron chi connectivity index (χ1n) is 10.1. The number of hydrogen-bond donors (Lipinski definition) is 1. The van der Waals surface area contributed by atoms with E-state index in [9.17, 15) is 23.5 Å². The quantitative estimate of drug-likeness (QED) is 0.320. The summed E-state index contributed by atoms with van der Waals surface area (Å²) < 4.78 is 29.8. The van der Waals surface area contributed by atoms with Crippen LogP contribution in [-0.4, -0.2) is 52.1 Å². The summed E-state index contributed by atoms with van der Waals surface area (Å²) >= 11 is -0.905. The number of carboxylic acids is 1. The number of nitrogens with zero attached hydrogens (tertiary/aromatic N) is 1. The molecule has 0 fully saturated rings. The summed E-state index contributed by atoms with van der Waals surface area (Å²) in [6.07, 6.45) is 0.446. The van der Waals surface area contributed by atoms with Crippen molar-refractivity contribution >= 4 is 71.7 Å². The van der Waals surface area contributed by atoms with Gasteiger partial charge in [-0.25, -0.2) is 0 Å². The number of fused-ring (bicyclic) bond motifs is 1. The van der Waals surface area contributed by atoms with Crippen LogP contribution in [0.15, 0.2) is 60.7 Å². The summed E-state index contributed by atoms with van der Waals surface area (Å²) in [5, 5.41) is 9.18. The number of rotatable bonds is 8. The van der Waals surface area contributed by atoms with Crippen molar-refractivity contribution in [3.63, 3.8) is 0 Å². The molecule has 0 aliphatic carbocycles. The molecule has 0 aliphatic heterocycles. The Morgan fingerprint density at radius 2 is 1.76 bits per heavy atom. The first-order valence-corrected chi connectivity index (χ1v) is 15.3. The molecule has 0 saturated heterocycles. The first kappa shape index (κ1) is 23.8. The fourth-order valence-corrected chi connectivity index (χ4v) is 9.29. The predicted molar refractivity (Wildman–Crippen MR) is 131 cm³/mol. The molecule has 3 aromatic carbocycles. The van der Waals surface area contributed by atoms with Gasteiger partial charge in [0, 0.05) is 0 Å². The van der Waals surface area contributed by atoms with E-state index in [1.165, 1.54) is 29.5 Å². The standard InChI is InChI=1S/C24H19As2F2NO3S/c1-2-17(23(31)32)25-22(30)14-5-3-13(4-6-14)15-7-9-18(19(28)11-15)26-24-29-20-10-8-16(27)12-21(20)33-24/h3-12,17,25-26H,2H2,1H3,(H,31,32)/t17-/m0/s1. The van der Waals surface area contributed by atoms with Gasteiger partial charge in [-0.3, -0.25) is 0 Å². The van der Waals surface area contributed by atoms with Gasteiger partial charge in [-0.05, 0) is 0 Å². The van der Waals surface area contributed by atoms with E-state index in [4.69, 9.17) is 0 Å². The number of carbonyl (C=O) groups excluding carboxylic acids is 1. The zero-order chi connectivity index (χ0) is 23.5. The van der Waals surface area contributed by atoms with Gasteiger partial charge in [0.15, 0.2) is 0 Å². The summed E-state index contributed by atoms with van der Waals surface area (Å²) in [6, 6.07) is 16.4. The third kappa shape index (κ3) is 5.60. The Hall–Kier alpha value is -2.33. The van der Waals surface area contributed by atoms with Gasteiger partial charge >= 0.3 is 207 Å². The molecule has 3 atom stereocenters. The van der Waals surface area contributed by atoms with E-state index in [0.29, 0.717) is 21.9 Å². The van der Waals surface area contributed by atoms with Crippen molar-refractivity contribution in [2.75, 3.05) is 0 Å². The molecule has 0 aliphatic rings. The molecule has 0 amide bonds. The molecule has 168 valence electrons. The van der Waals surface area contributed by atoms with E-state index < -0.39 is 42.2 Å². The van der Waals surface area contributed by atoms with Crippen molar-refractivity contribution in [1.29, 1.82) is 0 Å². The number of hydrogen-bond acceptors (Lipinski definition) is 4. The first-order chi connectivity index (χ1) is 15.8. The number of thiazole rings is 1. The number of carboxylic acid groups (broad SMARTS) is 1. The normalized spacial score (nSPS) is 12.8. The number of aromatic nitrogens is 1. The second-order valence-electron chi connectivity index (χ2n) is 7.30. The molecular formula is C24H19As2F2NO3S. The second-order valence-corrected chi connectivity index (χ2v) is 14.8. The van der Waals surface area contributed by atoms with E-state index in [0.717, 1.165) is 19.6 Å². The SMILES string of the molecule is CC[C@H]([AsH]C(=O)c1ccc(-c2ccc([AsH]c3nc4ccc(F)cc4s3)c(F)c2)cc1)C(=O)O. The number of carbonyl (C=O) groups is 2. The Kier molecular flexibility index (Phi) is 7.43.